The number of aryl methyl sites for hydroxylation is 2. The zero-order valence-electron chi connectivity index (χ0n) is 11.7. The van der Waals surface area contributed by atoms with E-state index in [1.54, 1.807) is 26.0 Å². The molecule has 0 aromatic heterocycles. The average Bonchev–Trinajstić information content (AvgIpc) is 2.58. The number of ether oxygens (including phenoxy) is 1. The number of carbonyl (C=O) groups is 2. The molecule has 5 heteroatoms. The SMILES string of the molecule is Cc1cc(C(=O)O)cc(C)c1OC1CCCCNC1=O. The number of carboxylic acids is 1. The van der Waals surface area contributed by atoms with Crippen LogP contribution in [-0.4, -0.2) is 29.6 Å². The summed E-state index contributed by atoms with van der Waals surface area (Å²) in [5.41, 5.74) is 1.71. The summed E-state index contributed by atoms with van der Waals surface area (Å²) < 4.78 is 5.84. The molecule has 0 saturated carbocycles. The molecular weight excluding hydrogens is 258 g/mol. The van der Waals surface area contributed by atoms with Crippen LogP contribution in [-0.2, 0) is 4.79 Å². The van der Waals surface area contributed by atoms with Gasteiger partial charge in [0.2, 0.25) is 0 Å². The first-order valence-corrected chi connectivity index (χ1v) is 6.78. The number of carbonyl (C=O) groups excluding carboxylic acids is 1. The highest BCUT2D eigenvalue weighted by Gasteiger charge is 2.24. The van der Waals surface area contributed by atoms with E-state index in [1.165, 1.54) is 0 Å². The van der Waals surface area contributed by atoms with Crippen molar-refractivity contribution in [2.45, 2.75) is 39.2 Å². The number of nitrogens with one attached hydrogen (secondary N) is 1. The largest absolute Gasteiger partial charge is 0.480 e. The first-order chi connectivity index (χ1) is 9.49. The predicted molar refractivity (Wildman–Crippen MR) is 74.2 cm³/mol. The van der Waals surface area contributed by atoms with Crippen LogP contribution in [0.15, 0.2) is 12.1 Å². The minimum absolute atomic E-state index is 0.0939. The second-order valence-corrected chi connectivity index (χ2v) is 5.14. The Morgan fingerprint density at radius 1 is 1.30 bits per heavy atom. The van der Waals surface area contributed by atoms with Gasteiger partial charge in [-0.05, 0) is 56.4 Å². The molecule has 0 spiro atoms. The zero-order valence-corrected chi connectivity index (χ0v) is 11.7. The molecule has 2 N–H and O–H groups in total. The molecule has 1 atom stereocenters. The van der Waals surface area contributed by atoms with E-state index in [2.05, 4.69) is 5.32 Å². The molecule has 108 valence electrons. The third kappa shape index (κ3) is 3.10. The van der Waals surface area contributed by atoms with E-state index in [0.717, 1.165) is 24.0 Å². The van der Waals surface area contributed by atoms with Crippen molar-refractivity contribution >= 4 is 11.9 Å². The van der Waals surface area contributed by atoms with Gasteiger partial charge < -0.3 is 15.2 Å². The van der Waals surface area contributed by atoms with Gasteiger partial charge in [-0.3, -0.25) is 4.79 Å². The van der Waals surface area contributed by atoms with Gasteiger partial charge in [0.25, 0.3) is 5.91 Å². The lowest BCUT2D eigenvalue weighted by Gasteiger charge is -2.19. The van der Waals surface area contributed by atoms with Crippen molar-refractivity contribution in [2.75, 3.05) is 6.54 Å². The van der Waals surface area contributed by atoms with E-state index in [-0.39, 0.29) is 11.5 Å². The maximum Gasteiger partial charge on any atom is 0.335 e. The van der Waals surface area contributed by atoms with Crippen molar-refractivity contribution in [3.05, 3.63) is 28.8 Å². The van der Waals surface area contributed by atoms with Gasteiger partial charge in [0.1, 0.15) is 5.75 Å². The van der Waals surface area contributed by atoms with Crippen LogP contribution in [0.25, 0.3) is 0 Å². The fourth-order valence-electron chi connectivity index (χ4n) is 2.43. The summed E-state index contributed by atoms with van der Waals surface area (Å²) in [7, 11) is 0. The molecule has 1 aromatic rings. The molecule has 0 radical (unpaired) electrons. The molecule has 0 aliphatic carbocycles. The third-order valence-corrected chi connectivity index (χ3v) is 3.45. The number of carboxylic acid groups (broad SMARTS) is 1. The van der Waals surface area contributed by atoms with E-state index in [9.17, 15) is 9.59 Å². The topological polar surface area (TPSA) is 75.6 Å². The van der Waals surface area contributed by atoms with Crippen molar-refractivity contribution in [1.82, 2.24) is 5.32 Å². The van der Waals surface area contributed by atoms with E-state index in [1.807, 2.05) is 0 Å². The molecule has 2 rings (SSSR count). The van der Waals surface area contributed by atoms with Crippen LogP contribution in [0.2, 0.25) is 0 Å². The second kappa shape index (κ2) is 5.94. The highest BCUT2D eigenvalue weighted by molar-refractivity contribution is 5.88. The van der Waals surface area contributed by atoms with Crippen LogP contribution in [0.1, 0.15) is 40.7 Å². The monoisotopic (exact) mass is 277 g/mol. The van der Waals surface area contributed by atoms with Gasteiger partial charge in [0.15, 0.2) is 6.10 Å². The molecule has 1 fully saturated rings. The highest BCUT2D eigenvalue weighted by Crippen LogP contribution is 2.27. The van der Waals surface area contributed by atoms with Crippen molar-refractivity contribution in [2.24, 2.45) is 0 Å². The fourth-order valence-corrected chi connectivity index (χ4v) is 2.43. The van der Waals surface area contributed by atoms with Crippen molar-refractivity contribution in [3.8, 4) is 5.75 Å². The second-order valence-electron chi connectivity index (χ2n) is 5.14. The number of hydrogen-bond donors (Lipinski definition) is 2. The Labute approximate surface area is 117 Å². The summed E-state index contributed by atoms with van der Waals surface area (Å²) in [6.07, 6.45) is 2.09. The molecule has 5 nitrogen and oxygen atoms in total. The molecule has 20 heavy (non-hydrogen) atoms. The van der Waals surface area contributed by atoms with Crippen LogP contribution < -0.4 is 10.1 Å². The Balaban J connectivity index is 2.24. The lowest BCUT2D eigenvalue weighted by molar-refractivity contribution is -0.127. The maximum absolute atomic E-state index is 11.9. The summed E-state index contributed by atoms with van der Waals surface area (Å²) in [6, 6.07) is 3.14. The lowest BCUT2D eigenvalue weighted by atomic mass is 10.1. The zero-order chi connectivity index (χ0) is 14.7. The minimum atomic E-state index is -0.963. The Bertz CT molecular complexity index is 516. The van der Waals surface area contributed by atoms with Gasteiger partial charge >= 0.3 is 5.97 Å². The number of rotatable bonds is 3. The fraction of sp³-hybridized carbons (Fsp3) is 0.467. The van der Waals surface area contributed by atoms with Crippen LogP contribution in [0, 0.1) is 13.8 Å². The smallest absolute Gasteiger partial charge is 0.335 e. The predicted octanol–water partition coefficient (Wildman–Crippen LogP) is 2.05. The van der Waals surface area contributed by atoms with Gasteiger partial charge in [-0.1, -0.05) is 0 Å². The Morgan fingerprint density at radius 3 is 2.55 bits per heavy atom. The van der Waals surface area contributed by atoms with E-state index >= 15 is 0 Å². The van der Waals surface area contributed by atoms with Gasteiger partial charge in [0, 0.05) is 6.54 Å². The van der Waals surface area contributed by atoms with Gasteiger partial charge in [0.05, 0.1) is 5.56 Å². The molecule has 1 saturated heterocycles. The number of amides is 1. The minimum Gasteiger partial charge on any atom is -0.480 e. The number of benzene rings is 1. The van der Waals surface area contributed by atoms with Gasteiger partial charge in [-0.2, -0.15) is 0 Å². The van der Waals surface area contributed by atoms with Crippen molar-refractivity contribution in [1.29, 1.82) is 0 Å². The highest BCUT2D eigenvalue weighted by atomic mass is 16.5. The van der Waals surface area contributed by atoms with E-state index in [4.69, 9.17) is 9.84 Å². The van der Waals surface area contributed by atoms with Crippen LogP contribution in [0.5, 0.6) is 5.75 Å². The first-order valence-electron chi connectivity index (χ1n) is 6.78. The Morgan fingerprint density at radius 2 is 1.95 bits per heavy atom. The molecule has 1 heterocycles. The molecular formula is C15H19NO4. The molecule has 1 amide bonds. The summed E-state index contributed by atoms with van der Waals surface area (Å²) >= 11 is 0. The van der Waals surface area contributed by atoms with Gasteiger partial charge in [-0.25, -0.2) is 4.79 Å². The molecule has 1 aliphatic rings. The molecule has 1 unspecified atom stereocenters. The normalized spacial score (nSPS) is 19.1. The van der Waals surface area contributed by atoms with Gasteiger partial charge in [-0.15, -0.1) is 0 Å². The average molecular weight is 277 g/mol. The molecule has 1 aliphatic heterocycles. The summed E-state index contributed by atoms with van der Waals surface area (Å²) in [5, 5.41) is 11.8. The first kappa shape index (κ1) is 14.4. The number of hydrogen-bond acceptors (Lipinski definition) is 3. The summed E-state index contributed by atoms with van der Waals surface area (Å²) in [5.74, 6) is -0.448. The van der Waals surface area contributed by atoms with Crippen LogP contribution in [0.4, 0.5) is 0 Å². The Hall–Kier alpha value is -2.04. The van der Waals surface area contributed by atoms with E-state index < -0.39 is 12.1 Å². The van der Waals surface area contributed by atoms with Crippen LogP contribution in [0.3, 0.4) is 0 Å². The summed E-state index contributed by atoms with van der Waals surface area (Å²) in [4.78, 5) is 22.9. The van der Waals surface area contributed by atoms with E-state index in [0.29, 0.717) is 18.7 Å². The third-order valence-electron chi connectivity index (χ3n) is 3.45. The van der Waals surface area contributed by atoms with Crippen LogP contribution >= 0.6 is 0 Å². The quantitative estimate of drug-likeness (QED) is 0.886. The van der Waals surface area contributed by atoms with Crippen molar-refractivity contribution < 1.29 is 19.4 Å². The maximum atomic E-state index is 11.9. The Kier molecular flexibility index (Phi) is 4.27. The number of aromatic carboxylic acids is 1. The molecule has 0 bridgehead atoms. The lowest BCUT2D eigenvalue weighted by Crippen LogP contribution is -2.36. The summed E-state index contributed by atoms with van der Waals surface area (Å²) in [6.45, 7) is 4.28. The molecule has 1 aromatic carbocycles. The standard InChI is InChI=1S/C15H19NO4/c1-9-7-11(15(18)19)8-10(2)13(9)20-12-5-3-4-6-16-14(12)17/h7-8,12H,3-6H2,1-2H3,(H,16,17)(H,18,19). The van der Waals surface area contributed by atoms with Crippen molar-refractivity contribution in [3.63, 3.8) is 0 Å².